The van der Waals surface area contributed by atoms with Crippen molar-refractivity contribution in [1.29, 1.82) is 0 Å². The van der Waals surface area contributed by atoms with Crippen molar-refractivity contribution in [3.63, 3.8) is 0 Å². The molecule has 0 saturated heterocycles. The van der Waals surface area contributed by atoms with E-state index in [1.54, 1.807) is 40.9 Å². The summed E-state index contributed by atoms with van der Waals surface area (Å²) in [5, 5.41) is 11.7. The van der Waals surface area contributed by atoms with Crippen LogP contribution in [0.5, 0.6) is 5.75 Å². The Kier molecular flexibility index (Phi) is 4.76. The van der Waals surface area contributed by atoms with E-state index in [2.05, 4.69) is 15.5 Å². The van der Waals surface area contributed by atoms with Gasteiger partial charge < -0.3 is 10.1 Å². The van der Waals surface area contributed by atoms with Crippen LogP contribution in [0.15, 0.2) is 36.7 Å². The quantitative estimate of drug-likeness (QED) is 0.759. The average molecular weight is 360 g/mol. The number of carbonyl (C=O) groups excluding carboxylic acids is 1. The minimum Gasteiger partial charge on any atom is -0.471 e. The third kappa shape index (κ3) is 4.00. The molecule has 0 bridgehead atoms. The topological polar surface area (TPSA) is 74.0 Å². The van der Waals surface area contributed by atoms with E-state index in [0.29, 0.717) is 11.6 Å². The van der Waals surface area contributed by atoms with Crippen molar-refractivity contribution in [3.05, 3.63) is 58.5 Å². The molecule has 25 heavy (non-hydrogen) atoms. The Bertz CT molecular complexity index is 892. The number of anilines is 1. The number of ether oxygens (including phenoxy) is 1. The molecule has 0 fully saturated rings. The van der Waals surface area contributed by atoms with Crippen LogP contribution in [0, 0.1) is 13.8 Å². The Hall–Kier alpha value is -2.80. The van der Waals surface area contributed by atoms with Crippen LogP contribution in [0.4, 0.5) is 5.82 Å². The van der Waals surface area contributed by atoms with Crippen molar-refractivity contribution >= 4 is 23.3 Å². The largest absolute Gasteiger partial charge is 0.471 e. The Morgan fingerprint density at radius 3 is 2.56 bits per heavy atom. The van der Waals surface area contributed by atoms with E-state index in [9.17, 15) is 4.79 Å². The van der Waals surface area contributed by atoms with Gasteiger partial charge >= 0.3 is 0 Å². The van der Waals surface area contributed by atoms with Gasteiger partial charge in [0, 0.05) is 30.5 Å². The van der Waals surface area contributed by atoms with Crippen molar-refractivity contribution in [2.45, 2.75) is 20.6 Å². The Morgan fingerprint density at radius 1 is 1.20 bits per heavy atom. The minimum absolute atomic E-state index is 0.192. The van der Waals surface area contributed by atoms with Crippen molar-refractivity contribution < 1.29 is 9.53 Å². The highest BCUT2D eigenvalue weighted by molar-refractivity contribution is 6.32. The lowest BCUT2D eigenvalue weighted by molar-refractivity contribution is 0.102. The smallest absolute Gasteiger partial charge is 0.277 e. The van der Waals surface area contributed by atoms with E-state index in [1.807, 2.05) is 26.0 Å². The van der Waals surface area contributed by atoms with Gasteiger partial charge in [-0.3, -0.25) is 9.48 Å². The molecule has 130 valence electrons. The number of aromatic nitrogens is 4. The molecule has 0 spiro atoms. The first-order chi connectivity index (χ1) is 11.9. The number of amides is 1. The predicted molar refractivity (Wildman–Crippen MR) is 94.9 cm³/mol. The number of rotatable bonds is 5. The fourth-order valence-corrected chi connectivity index (χ4v) is 2.46. The monoisotopic (exact) mass is 359 g/mol. The van der Waals surface area contributed by atoms with Gasteiger partial charge in [0.2, 0.25) is 0 Å². The summed E-state index contributed by atoms with van der Waals surface area (Å²) < 4.78 is 8.88. The first-order valence-electron chi connectivity index (χ1n) is 7.66. The molecule has 8 heteroatoms. The van der Waals surface area contributed by atoms with E-state index < -0.39 is 0 Å². The van der Waals surface area contributed by atoms with Crippen LogP contribution in [0.3, 0.4) is 0 Å². The van der Waals surface area contributed by atoms with Crippen LogP contribution in [0.2, 0.25) is 5.02 Å². The molecule has 0 aliphatic rings. The Morgan fingerprint density at radius 2 is 1.92 bits per heavy atom. The van der Waals surface area contributed by atoms with Gasteiger partial charge in [0.15, 0.2) is 18.2 Å². The van der Waals surface area contributed by atoms with Gasteiger partial charge in [-0.1, -0.05) is 11.6 Å². The summed E-state index contributed by atoms with van der Waals surface area (Å²) in [6.45, 7) is 4.05. The zero-order chi connectivity index (χ0) is 18.0. The number of aryl methyl sites for hydroxylation is 3. The first kappa shape index (κ1) is 17.0. The van der Waals surface area contributed by atoms with E-state index >= 15 is 0 Å². The fourth-order valence-electron chi connectivity index (χ4n) is 2.35. The lowest BCUT2D eigenvalue weighted by atomic mass is 10.1. The number of carbonyl (C=O) groups is 1. The Labute approximate surface area is 150 Å². The molecule has 0 unspecified atom stereocenters. The average Bonchev–Trinajstić information content (AvgIpc) is 3.19. The molecule has 0 atom stereocenters. The predicted octanol–water partition coefficient (Wildman–Crippen LogP) is 3.18. The van der Waals surface area contributed by atoms with Gasteiger partial charge in [0.05, 0.1) is 0 Å². The summed E-state index contributed by atoms with van der Waals surface area (Å²) in [4.78, 5) is 12.1. The Balaban J connectivity index is 1.62. The highest BCUT2D eigenvalue weighted by Crippen LogP contribution is 2.26. The lowest BCUT2D eigenvalue weighted by Crippen LogP contribution is -2.14. The molecule has 0 aliphatic carbocycles. The third-order valence-electron chi connectivity index (χ3n) is 3.60. The van der Waals surface area contributed by atoms with Crippen LogP contribution in [0.25, 0.3) is 0 Å². The molecule has 1 amide bonds. The van der Waals surface area contributed by atoms with E-state index in [1.165, 1.54) is 0 Å². The molecule has 3 rings (SSSR count). The summed E-state index contributed by atoms with van der Waals surface area (Å²) in [5.74, 6) is 0.857. The molecule has 1 N–H and O–H groups in total. The standard InChI is InChI=1S/C17H18ClN5O2/c1-11-8-13(9-12(2)16(11)18)25-10-23-7-4-14(20-23)17(24)19-15-5-6-22(3)21-15/h4-9H,10H2,1-3H3,(H,19,21,24). The maximum atomic E-state index is 12.1. The molecule has 3 aromatic rings. The molecule has 7 nitrogen and oxygen atoms in total. The first-order valence-corrected chi connectivity index (χ1v) is 8.04. The van der Waals surface area contributed by atoms with Crippen molar-refractivity contribution in [2.75, 3.05) is 5.32 Å². The summed E-state index contributed by atoms with van der Waals surface area (Å²) in [6, 6.07) is 7.07. The number of benzene rings is 1. The number of halogens is 1. The maximum absolute atomic E-state index is 12.1. The van der Waals surface area contributed by atoms with Gasteiger partial charge in [-0.25, -0.2) is 4.68 Å². The second-order valence-electron chi connectivity index (χ2n) is 5.71. The van der Waals surface area contributed by atoms with E-state index in [0.717, 1.165) is 16.1 Å². The second kappa shape index (κ2) is 6.98. The van der Waals surface area contributed by atoms with Gasteiger partial charge in [0.25, 0.3) is 5.91 Å². The number of nitrogens with one attached hydrogen (secondary N) is 1. The van der Waals surface area contributed by atoms with Crippen LogP contribution < -0.4 is 10.1 Å². The lowest BCUT2D eigenvalue weighted by Gasteiger charge is -2.10. The minimum atomic E-state index is -0.323. The molecule has 1 aromatic carbocycles. The molecule has 2 heterocycles. The number of nitrogens with zero attached hydrogens (tertiary/aromatic N) is 4. The van der Waals surface area contributed by atoms with Gasteiger partial charge in [-0.2, -0.15) is 10.2 Å². The zero-order valence-corrected chi connectivity index (χ0v) is 14.9. The van der Waals surface area contributed by atoms with Crippen LogP contribution in [0.1, 0.15) is 21.6 Å². The number of hydrogen-bond donors (Lipinski definition) is 1. The third-order valence-corrected chi connectivity index (χ3v) is 4.20. The van der Waals surface area contributed by atoms with E-state index in [-0.39, 0.29) is 18.3 Å². The molecular formula is C17H18ClN5O2. The van der Waals surface area contributed by atoms with E-state index in [4.69, 9.17) is 16.3 Å². The molecule has 2 aromatic heterocycles. The van der Waals surface area contributed by atoms with Crippen LogP contribution in [-0.4, -0.2) is 25.5 Å². The van der Waals surface area contributed by atoms with Crippen molar-refractivity contribution in [1.82, 2.24) is 19.6 Å². The van der Waals surface area contributed by atoms with Gasteiger partial charge in [-0.15, -0.1) is 0 Å². The second-order valence-corrected chi connectivity index (χ2v) is 6.09. The van der Waals surface area contributed by atoms with Crippen LogP contribution >= 0.6 is 11.6 Å². The zero-order valence-electron chi connectivity index (χ0n) is 14.2. The van der Waals surface area contributed by atoms with Crippen molar-refractivity contribution in [3.8, 4) is 5.75 Å². The molecule has 0 aliphatic heterocycles. The highest BCUT2D eigenvalue weighted by atomic mass is 35.5. The van der Waals surface area contributed by atoms with Crippen molar-refractivity contribution in [2.24, 2.45) is 7.05 Å². The highest BCUT2D eigenvalue weighted by Gasteiger charge is 2.11. The van der Waals surface area contributed by atoms with Gasteiger partial charge in [-0.05, 0) is 43.2 Å². The van der Waals surface area contributed by atoms with Gasteiger partial charge in [0.1, 0.15) is 5.75 Å². The summed E-state index contributed by atoms with van der Waals surface area (Å²) >= 11 is 6.15. The summed E-state index contributed by atoms with van der Waals surface area (Å²) in [6.07, 6.45) is 3.43. The normalized spacial score (nSPS) is 10.7. The number of hydrogen-bond acceptors (Lipinski definition) is 4. The summed E-state index contributed by atoms with van der Waals surface area (Å²) in [5.41, 5.74) is 2.19. The summed E-state index contributed by atoms with van der Waals surface area (Å²) in [7, 11) is 1.78. The van der Waals surface area contributed by atoms with Crippen LogP contribution in [-0.2, 0) is 13.8 Å². The maximum Gasteiger partial charge on any atom is 0.277 e. The molecule has 0 radical (unpaired) electrons. The molecule has 0 saturated carbocycles. The SMILES string of the molecule is Cc1cc(OCn2ccc(C(=O)Nc3ccn(C)n3)n2)cc(C)c1Cl. The molecular weight excluding hydrogens is 342 g/mol. The fraction of sp³-hybridized carbons (Fsp3) is 0.235.